The van der Waals surface area contributed by atoms with Gasteiger partial charge in [-0.15, -0.1) is 6.58 Å². The quantitative estimate of drug-likeness (QED) is 0.681. The van der Waals surface area contributed by atoms with Gasteiger partial charge in [0, 0.05) is 13.1 Å². The Hall–Kier alpha value is -0.870. The molecule has 16 heavy (non-hydrogen) atoms. The highest BCUT2D eigenvalue weighted by Gasteiger charge is 2.16. The zero-order valence-corrected chi connectivity index (χ0v) is 10.1. The Morgan fingerprint density at radius 1 is 1.56 bits per heavy atom. The van der Waals surface area contributed by atoms with Crippen LogP contribution >= 0.6 is 0 Å². The predicted molar refractivity (Wildman–Crippen MR) is 64.3 cm³/mol. The van der Waals surface area contributed by atoms with Crippen molar-refractivity contribution in [1.82, 2.24) is 10.2 Å². The number of nitrogens with zero attached hydrogens (tertiary/aromatic N) is 1. The second-order valence-corrected chi connectivity index (χ2v) is 3.98. The lowest BCUT2D eigenvalue weighted by Gasteiger charge is -2.24. The largest absolute Gasteiger partial charge is 0.368 e. The van der Waals surface area contributed by atoms with Crippen LogP contribution in [0, 0.1) is 0 Å². The van der Waals surface area contributed by atoms with E-state index in [1.807, 2.05) is 6.92 Å². The molecule has 0 spiro atoms. The van der Waals surface area contributed by atoms with E-state index < -0.39 is 0 Å². The molecular weight excluding hydrogens is 204 g/mol. The van der Waals surface area contributed by atoms with Crippen molar-refractivity contribution in [1.29, 1.82) is 0 Å². The van der Waals surface area contributed by atoms with Crippen molar-refractivity contribution < 1.29 is 9.53 Å². The molecule has 0 bridgehead atoms. The molecule has 0 aromatic rings. The van der Waals surface area contributed by atoms with Crippen LogP contribution in [0.3, 0.4) is 0 Å². The van der Waals surface area contributed by atoms with Crippen LogP contribution in [0.4, 0.5) is 0 Å². The Balaban J connectivity index is 2.24. The summed E-state index contributed by atoms with van der Waals surface area (Å²) < 4.78 is 5.61. The van der Waals surface area contributed by atoms with Gasteiger partial charge in [0.1, 0.15) is 6.61 Å². The molecule has 0 aliphatic carbocycles. The summed E-state index contributed by atoms with van der Waals surface area (Å²) in [6.45, 7) is 9.09. The average Bonchev–Trinajstić information content (AvgIpc) is 2.34. The Labute approximate surface area is 97.6 Å². The summed E-state index contributed by atoms with van der Waals surface area (Å²) in [6, 6.07) is 0. The van der Waals surface area contributed by atoms with Gasteiger partial charge in [-0.2, -0.15) is 0 Å². The zero-order valence-electron chi connectivity index (χ0n) is 10.1. The summed E-state index contributed by atoms with van der Waals surface area (Å²) in [5, 5.41) is 3.27. The molecule has 1 aliphatic rings. The molecule has 0 saturated carbocycles. The first-order chi connectivity index (χ1) is 7.77. The van der Waals surface area contributed by atoms with E-state index in [-0.39, 0.29) is 18.6 Å². The molecule has 0 unspecified atom stereocenters. The van der Waals surface area contributed by atoms with Crippen molar-refractivity contribution >= 4 is 5.91 Å². The number of hydrogen-bond donors (Lipinski definition) is 1. The molecular formula is C12H22N2O2. The first-order valence-electron chi connectivity index (χ1n) is 5.99. The standard InChI is InChI=1S/C12H22N2O2/c1-3-9-14(4-2)12(15)10-16-11-5-7-13-8-6-11/h3,11,13H,1,4-10H2,2H3. The smallest absolute Gasteiger partial charge is 0.248 e. The summed E-state index contributed by atoms with van der Waals surface area (Å²) in [4.78, 5) is 13.5. The highest BCUT2D eigenvalue weighted by Crippen LogP contribution is 2.07. The molecule has 0 atom stereocenters. The van der Waals surface area contributed by atoms with E-state index in [4.69, 9.17) is 4.74 Å². The van der Waals surface area contributed by atoms with E-state index in [9.17, 15) is 4.79 Å². The Morgan fingerprint density at radius 2 is 2.25 bits per heavy atom. The molecule has 1 rings (SSSR count). The van der Waals surface area contributed by atoms with E-state index in [0.29, 0.717) is 13.1 Å². The van der Waals surface area contributed by atoms with Gasteiger partial charge in [0.2, 0.25) is 5.91 Å². The molecule has 0 radical (unpaired) electrons. The van der Waals surface area contributed by atoms with Gasteiger partial charge in [-0.05, 0) is 32.9 Å². The first-order valence-corrected chi connectivity index (χ1v) is 5.99. The molecule has 1 N–H and O–H groups in total. The maximum Gasteiger partial charge on any atom is 0.248 e. The summed E-state index contributed by atoms with van der Waals surface area (Å²) in [5.74, 6) is 0.0564. The minimum Gasteiger partial charge on any atom is -0.368 e. The normalized spacial score (nSPS) is 17.1. The summed E-state index contributed by atoms with van der Waals surface area (Å²) in [5.41, 5.74) is 0. The van der Waals surface area contributed by atoms with Crippen LogP contribution in [-0.2, 0) is 9.53 Å². The molecule has 92 valence electrons. The second kappa shape index (κ2) is 7.41. The van der Waals surface area contributed by atoms with E-state index in [0.717, 1.165) is 25.9 Å². The minimum atomic E-state index is 0.0564. The van der Waals surface area contributed by atoms with Crippen LogP contribution < -0.4 is 5.32 Å². The molecule has 4 heteroatoms. The van der Waals surface area contributed by atoms with E-state index in [1.165, 1.54) is 0 Å². The van der Waals surface area contributed by atoms with Crippen LogP contribution in [0.5, 0.6) is 0 Å². The fourth-order valence-corrected chi connectivity index (χ4v) is 1.81. The highest BCUT2D eigenvalue weighted by molar-refractivity contribution is 5.77. The van der Waals surface area contributed by atoms with Gasteiger partial charge in [0.15, 0.2) is 0 Å². The van der Waals surface area contributed by atoms with E-state index in [1.54, 1.807) is 11.0 Å². The molecule has 0 aromatic heterocycles. The van der Waals surface area contributed by atoms with Gasteiger partial charge >= 0.3 is 0 Å². The lowest BCUT2D eigenvalue weighted by molar-refractivity contribution is -0.138. The van der Waals surface area contributed by atoms with Crippen molar-refractivity contribution in [3.05, 3.63) is 12.7 Å². The Kier molecular flexibility index (Phi) is 6.11. The maximum absolute atomic E-state index is 11.7. The SMILES string of the molecule is C=CCN(CC)C(=O)COC1CCNCC1. The lowest BCUT2D eigenvalue weighted by atomic mass is 10.1. The monoisotopic (exact) mass is 226 g/mol. The third-order valence-corrected chi connectivity index (χ3v) is 2.81. The third kappa shape index (κ3) is 4.33. The number of ether oxygens (including phenoxy) is 1. The first kappa shape index (κ1) is 13.2. The molecule has 4 nitrogen and oxygen atoms in total. The minimum absolute atomic E-state index is 0.0564. The maximum atomic E-state index is 11.7. The number of carbonyl (C=O) groups is 1. The number of nitrogens with one attached hydrogen (secondary N) is 1. The Morgan fingerprint density at radius 3 is 2.81 bits per heavy atom. The molecule has 1 aliphatic heterocycles. The van der Waals surface area contributed by atoms with E-state index in [2.05, 4.69) is 11.9 Å². The van der Waals surface area contributed by atoms with Crippen LogP contribution in [0.1, 0.15) is 19.8 Å². The van der Waals surface area contributed by atoms with Crippen LogP contribution in [0.25, 0.3) is 0 Å². The zero-order chi connectivity index (χ0) is 11.8. The molecule has 1 amide bonds. The molecule has 1 saturated heterocycles. The van der Waals surface area contributed by atoms with Crippen molar-refractivity contribution in [2.24, 2.45) is 0 Å². The summed E-state index contributed by atoms with van der Waals surface area (Å²) in [6.07, 6.45) is 3.99. The van der Waals surface area contributed by atoms with Gasteiger partial charge in [-0.1, -0.05) is 6.08 Å². The van der Waals surface area contributed by atoms with Gasteiger partial charge in [-0.3, -0.25) is 4.79 Å². The summed E-state index contributed by atoms with van der Waals surface area (Å²) in [7, 11) is 0. The second-order valence-electron chi connectivity index (χ2n) is 3.98. The number of likely N-dealkylation sites (N-methyl/N-ethyl adjacent to an activating group) is 1. The van der Waals surface area contributed by atoms with Crippen molar-refractivity contribution in [2.75, 3.05) is 32.8 Å². The van der Waals surface area contributed by atoms with Gasteiger partial charge < -0.3 is 15.0 Å². The predicted octanol–water partition coefficient (Wildman–Crippen LogP) is 0.789. The van der Waals surface area contributed by atoms with Gasteiger partial charge in [-0.25, -0.2) is 0 Å². The number of piperidine rings is 1. The number of amides is 1. The highest BCUT2D eigenvalue weighted by atomic mass is 16.5. The molecule has 1 heterocycles. The van der Waals surface area contributed by atoms with Crippen LogP contribution in [0.2, 0.25) is 0 Å². The molecule has 0 aromatic carbocycles. The van der Waals surface area contributed by atoms with E-state index >= 15 is 0 Å². The van der Waals surface area contributed by atoms with Crippen LogP contribution in [0.15, 0.2) is 12.7 Å². The van der Waals surface area contributed by atoms with Crippen LogP contribution in [-0.4, -0.2) is 49.7 Å². The fraction of sp³-hybridized carbons (Fsp3) is 0.750. The third-order valence-electron chi connectivity index (χ3n) is 2.81. The van der Waals surface area contributed by atoms with Gasteiger partial charge in [0.25, 0.3) is 0 Å². The average molecular weight is 226 g/mol. The number of hydrogen-bond acceptors (Lipinski definition) is 3. The fourth-order valence-electron chi connectivity index (χ4n) is 1.81. The lowest BCUT2D eigenvalue weighted by Crippen LogP contribution is -2.38. The topological polar surface area (TPSA) is 41.6 Å². The molecule has 1 fully saturated rings. The van der Waals surface area contributed by atoms with Crippen molar-refractivity contribution in [3.63, 3.8) is 0 Å². The summed E-state index contributed by atoms with van der Waals surface area (Å²) >= 11 is 0. The Bertz CT molecular complexity index is 225. The number of carbonyl (C=O) groups excluding carboxylic acids is 1. The van der Waals surface area contributed by atoms with Crippen molar-refractivity contribution in [3.8, 4) is 0 Å². The van der Waals surface area contributed by atoms with Crippen molar-refractivity contribution in [2.45, 2.75) is 25.9 Å². The number of rotatable bonds is 6. The van der Waals surface area contributed by atoms with Gasteiger partial charge in [0.05, 0.1) is 6.10 Å².